The molecule has 1 unspecified atom stereocenters. The topological polar surface area (TPSA) is 87.1 Å². The molecule has 0 aliphatic rings. The molecule has 2 amide bonds. The van der Waals surface area contributed by atoms with Crippen molar-refractivity contribution in [3.8, 4) is 0 Å². The molecular formula is C12H20N4O2. The molecule has 18 heavy (non-hydrogen) atoms. The van der Waals surface area contributed by atoms with Crippen LogP contribution in [0.3, 0.4) is 0 Å². The van der Waals surface area contributed by atoms with Gasteiger partial charge >= 0.3 is 6.03 Å². The van der Waals surface area contributed by atoms with Gasteiger partial charge in [0, 0.05) is 5.41 Å². The van der Waals surface area contributed by atoms with Gasteiger partial charge in [-0.15, -0.1) is 5.10 Å². The van der Waals surface area contributed by atoms with E-state index in [1.165, 1.54) is 0 Å². The molecule has 6 heteroatoms. The van der Waals surface area contributed by atoms with Crippen molar-refractivity contribution >= 4 is 11.8 Å². The number of aliphatic hydroxyl groups is 1. The van der Waals surface area contributed by atoms with E-state index < -0.39 is 6.03 Å². The Kier molecular flexibility index (Phi) is 4.61. The van der Waals surface area contributed by atoms with Crippen LogP contribution in [0, 0.1) is 0 Å². The second-order valence-electron chi connectivity index (χ2n) is 5.24. The highest BCUT2D eigenvalue weighted by atomic mass is 16.3. The lowest BCUT2D eigenvalue weighted by atomic mass is 9.92. The van der Waals surface area contributed by atoms with E-state index in [0.717, 1.165) is 5.69 Å². The minimum Gasteiger partial charge on any atom is -0.394 e. The Morgan fingerprint density at radius 3 is 2.50 bits per heavy atom. The standard InChI is InChI=1S/C12H20N4O2/c1-8(7-17)13-11(18)14-10-6-5-9(15-16-10)12(2,3)4/h5-6,8,17H,7H2,1-4H3,(H2,13,14,16,18). The van der Waals surface area contributed by atoms with Gasteiger partial charge in [0.2, 0.25) is 0 Å². The maximum absolute atomic E-state index is 11.5. The van der Waals surface area contributed by atoms with Crippen molar-refractivity contribution in [2.24, 2.45) is 0 Å². The van der Waals surface area contributed by atoms with Crippen molar-refractivity contribution in [2.75, 3.05) is 11.9 Å². The molecule has 0 fully saturated rings. The van der Waals surface area contributed by atoms with Crippen LogP contribution < -0.4 is 10.6 Å². The van der Waals surface area contributed by atoms with Crippen molar-refractivity contribution in [2.45, 2.75) is 39.2 Å². The molecule has 1 aromatic heterocycles. The van der Waals surface area contributed by atoms with Crippen LogP contribution in [0.5, 0.6) is 0 Å². The summed E-state index contributed by atoms with van der Waals surface area (Å²) in [4.78, 5) is 11.5. The average molecular weight is 252 g/mol. The van der Waals surface area contributed by atoms with Gasteiger partial charge in [-0.05, 0) is 19.1 Å². The summed E-state index contributed by atoms with van der Waals surface area (Å²) in [7, 11) is 0. The molecule has 0 saturated heterocycles. The summed E-state index contributed by atoms with van der Waals surface area (Å²) in [5.74, 6) is 0.380. The van der Waals surface area contributed by atoms with E-state index in [-0.39, 0.29) is 18.1 Å². The first-order valence-corrected chi connectivity index (χ1v) is 5.85. The molecule has 3 N–H and O–H groups in total. The molecule has 0 aliphatic heterocycles. The predicted octanol–water partition coefficient (Wildman–Crippen LogP) is 1.28. The highest BCUT2D eigenvalue weighted by molar-refractivity contribution is 5.88. The third-order valence-electron chi connectivity index (χ3n) is 2.33. The summed E-state index contributed by atoms with van der Waals surface area (Å²) in [5, 5.41) is 21.9. The van der Waals surface area contributed by atoms with Crippen LogP contribution >= 0.6 is 0 Å². The van der Waals surface area contributed by atoms with Crippen molar-refractivity contribution in [1.29, 1.82) is 0 Å². The molecule has 0 aromatic carbocycles. The Labute approximate surface area is 107 Å². The van der Waals surface area contributed by atoms with Crippen molar-refractivity contribution in [3.05, 3.63) is 17.8 Å². The van der Waals surface area contributed by atoms with Gasteiger partial charge in [-0.25, -0.2) is 4.79 Å². The zero-order valence-electron chi connectivity index (χ0n) is 11.2. The third-order valence-corrected chi connectivity index (χ3v) is 2.33. The van der Waals surface area contributed by atoms with Gasteiger partial charge in [0.1, 0.15) is 0 Å². The number of anilines is 1. The van der Waals surface area contributed by atoms with Crippen LogP contribution in [0.25, 0.3) is 0 Å². The van der Waals surface area contributed by atoms with Gasteiger partial charge in [-0.3, -0.25) is 5.32 Å². The Hall–Kier alpha value is -1.69. The number of hydrogen-bond donors (Lipinski definition) is 3. The number of hydrogen-bond acceptors (Lipinski definition) is 4. The first-order valence-electron chi connectivity index (χ1n) is 5.85. The highest BCUT2D eigenvalue weighted by Gasteiger charge is 2.16. The Balaban J connectivity index is 2.61. The molecule has 1 aromatic rings. The lowest BCUT2D eigenvalue weighted by Crippen LogP contribution is -2.38. The van der Waals surface area contributed by atoms with Crippen molar-refractivity contribution < 1.29 is 9.90 Å². The lowest BCUT2D eigenvalue weighted by molar-refractivity contribution is 0.229. The average Bonchev–Trinajstić information content (AvgIpc) is 2.28. The fraction of sp³-hybridized carbons (Fsp3) is 0.583. The number of amides is 2. The Morgan fingerprint density at radius 1 is 1.39 bits per heavy atom. The molecule has 0 bridgehead atoms. The van der Waals surface area contributed by atoms with E-state index in [1.807, 2.05) is 26.8 Å². The quantitative estimate of drug-likeness (QED) is 0.756. The van der Waals surface area contributed by atoms with E-state index in [9.17, 15) is 4.79 Å². The first-order chi connectivity index (χ1) is 8.32. The van der Waals surface area contributed by atoms with Crippen LogP contribution in [0.15, 0.2) is 12.1 Å². The number of nitrogens with one attached hydrogen (secondary N) is 2. The van der Waals surface area contributed by atoms with Crippen LogP contribution in [0.4, 0.5) is 10.6 Å². The first kappa shape index (κ1) is 14.4. The fourth-order valence-corrected chi connectivity index (χ4v) is 1.22. The Morgan fingerprint density at radius 2 is 2.06 bits per heavy atom. The predicted molar refractivity (Wildman–Crippen MR) is 69.4 cm³/mol. The van der Waals surface area contributed by atoms with Gasteiger partial charge in [-0.2, -0.15) is 5.10 Å². The number of aromatic nitrogens is 2. The third kappa shape index (κ3) is 4.29. The molecule has 1 rings (SSSR count). The number of urea groups is 1. The number of aliphatic hydroxyl groups excluding tert-OH is 1. The molecule has 100 valence electrons. The second kappa shape index (κ2) is 5.77. The SMILES string of the molecule is CC(CO)NC(=O)Nc1ccc(C(C)(C)C)nn1. The minimum atomic E-state index is -0.408. The van der Waals surface area contributed by atoms with E-state index in [4.69, 9.17) is 5.11 Å². The smallest absolute Gasteiger partial charge is 0.320 e. The summed E-state index contributed by atoms with van der Waals surface area (Å²) < 4.78 is 0. The molecule has 0 saturated carbocycles. The Bertz CT molecular complexity index is 398. The van der Waals surface area contributed by atoms with Gasteiger partial charge in [0.05, 0.1) is 18.3 Å². The van der Waals surface area contributed by atoms with E-state index in [2.05, 4.69) is 20.8 Å². The minimum absolute atomic E-state index is 0.0702. The summed E-state index contributed by atoms with van der Waals surface area (Å²) in [6.45, 7) is 7.72. The highest BCUT2D eigenvalue weighted by Crippen LogP contribution is 2.19. The second-order valence-corrected chi connectivity index (χ2v) is 5.24. The van der Waals surface area contributed by atoms with Crippen molar-refractivity contribution in [3.63, 3.8) is 0 Å². The number of carbonyl (C=O) groups is 1. The van der Waals surface area contributed by atoms with Crippen LogP contribution in [-0.2, 0) is 5.41 Å². The van der Waals surface area contributed by atoms with Crippen molar-refractivity contribution in [1.82, 2.24) is 15.5 Å². The van der Waals surface area contributed by atoms with Gasteiger partial charge in [-0.1, -0.05) is 20.8 Å². The zero-order chi connectivity index (χ0) is 13.8. The maximum Gasteiger partial charge on any atom is 0.320 e. The molecule has 0 radical (unpaired) electrons. The van der Waals surface area contributed by atoms with Crippen LogP contribution in [0.2, 0.25) is 0 Å². The molecule has 0 spiro atoms. The lowest BCUT2D eigenvalue weighted by Gasteiger charge is -2.17. The molecule has 1 atom stereocenters. The number of rotatable bonds is 3. The molecule has 6 nitrogen and oxygen atoms in total. The van der Waals surface area contributed by atoms with Crippen LogP contribution in [0.1, 0.15) is 33.4 Å². The number of nitrogens with zero attached hydrogens (tertiary/aromatic N) is 2. The summed E-state index contributed by atoms with van der Waals surface area (Å²) in [6.07, 6.45) is 0. The number of carbonyl (C=O) groups excluding carboxylic acids is 1. The summed E-state index contributed by atoms with van der Waals surface area (Å²) >= 11 is 0. The molecular weight excluding hydrogens is 232 g/mol. The van der Waals surface area contributed by atoms with Gasteiger partial charge in [0.15, 0.2) is 5.82 Å². The fourth-order valence-electron chi connectivity index (χ4n) is 1.22. The zero-order valence-corrected chi connectivity index (χ0v) is 11.2. The maximum atomic E-state index is 11.5. The molecule has 0 aliphatic carbocycles. The van der Waals surface area contributed by atoms with E-state index in [1.54, 1.807) is 13.0 Å². The van der Waals surface area contributed by atoms with E-state index >= 15 is 0 Å². The normalized spacial score (nSPS) is 12.9. The largest absolute Gasteiger partial charge is 0.394 e. The van der Waals surface area contributed by atoms with Gasteiger partial charge < -0.3 is 10.4 Å². The summed E-state index contributed by atoms with van der Waals surface area (Å²) in [5.41, 5.74) is 0.788. The van der Waals surface area contributed by atoms with E-state index in [0.29, 0.717) is 5.82 Å². The van der Waals surface area contributed by atoms with Crippen LogP contribution in [-0.4, -0.2) is 34.0 Å². The summed E-state index contributed by atoms with van der Waals surface area (Å²) in [6, 6.07) is 2.83. The van der Waals surface area contributed by atoms with Gasteiger partial charge in [0.25, 0.3) is 0 Å². The monoisotopic (exact) mass is 252 g/mol. The molecule has 1 heterocycles.